The second-order valence-corrected chi connectivity index (χ2v) is 3.41. The van der Waals surface area contributed by atoms with Gasteiger partial charge in [0.2, 0.25) is 5.95 Å². The molecule has 0 amide bonds. The third-order valence-electron chi connectivity index (χ3n) is 1.42. The zero-order chi connectivity index (χ0) is 10.9. The number of carboxylic acids is 1. The molecule has 7 heteroatoms. The molecule has 1 aromatic heterocycles. The Bertz CT molecular complexity index is 383. The van der Waals surface area contributed by atoms with Crippen molar-refractivity contribution in [2.24, 2.45) is 0 Å². The van der Waals surface area contributed by atoms with E-state index < -0.39 is 29.5 Å². The molecule has 1 rings (SSSR count). The van der Waals surface area contributed by atoms with Gasteiger partial charge >= 0.3 is 5.97 Å². The van der Waals surface area contributed by atoms with Crippen molar-refractivity contribution in [3.8, 4) is 0 Å². The lowest BCUT2D eigenvalue weighted by Gasteiger charge is -2.05. The van der Waals surface area contributed by atoms with E-state index in [0.717, 1.165) is 6.07 Å². The highest BCUT2D eigenvalue weighted by Gasteiger charge is 2.23. The van der Waals surface area contributed by atoms with E-state index in [2.05, 4.69) is 4.98 Å². The Labute approximate surface area is 90.1 Å². The van der Waals surface area contributed by atoms with Crippen molar-refractivity contribution < 1.29 is 23.1 Å². The van der Waals surface area contributed by atoms with E-state index in [1.807, 2.05) is 0 Å². The third-order valence-corrected chi connectivity index (χ3v) is 1.98. The van der Waals surface area contributed by atoms with Crippen molar-refractivity contribution in [1.29, 1.82) is 0 Å². The minimum absolute atomic E-state index is 0.0135. The SMILES string of the molecule is O=C(O)c1c(C(F)F)cc(I)nc1F. The first-order valence-electron chi connectivity index (χ1n) is 3.31. The van der Waals surface area contributed by atoms with Crippen LogP contribution in [0.25, 0.3) is 0 Å². The van der Waals surface area contributed by atoms with Gasteiger partial charge in [-0.25, -0.2) is 18.6 Å². The van der Waals surface area contributed by atoms with Crippen molar-refractivity contribution in [2.75, 3.05) is 0 Å². The lowest BCUT2D eigenvalue weighted by atomic mass is 10.1. The smallest absolute Gasteiger partial charge is 0.340 e. The summed E-state index contributed by atoms with van der Waals surface area (Å²) < 4.78 is 37.5. The number of aromatic carboxylic acids is 1. The molecule has 0 fully saturated rings. The Morgan fingerprint density at radius 2 is 2.14 bits per heavy atom. The summed E-state index contributed by atoms with van der Waals surface area (Å²) in [6.45, 7) is 0. The molecule has 0 aliphatic carbocycles. The first kappa shape index (κ1) is 11.2. The molecule has 1 aromatic rings. The van der Waals surface area contributed by atoms with Gasteiger partial charge in [0, 0.05) is 5.56 Å². The van der Waals surface area contributed by atoms with Crippen molar-refractivity contribution >= 4 is 28.6 Å². The molecule has 1 N–H and O–H groups in total. The van der Waals surface area contributed by atoms with E-state index in [1.54, 1.807) is 0 Å². The molecule has 76 valence electrons. The van der Waals surface area contributed by atoms with Gasteiger partial charge in [0.05, 0.1) is 0 Å². The second-order valence-electron chi connectivity index (χ2n) is 2.31. The highest BCUT2D eigenvalue weighted by molar-refractivity contribution is 14.1. The van der Waals surface area contributed by atoms with E-state index in [1.165, 1.54) is 22.6 Å². The number of hydrogen-bond acceptors (Lipinski definition) is 2. The van der Waals surface area contributed by atoms with Crippen LogP contribution in [0.1, 0.15) is 22.3 Å². The Morgan fingerprint density at radius 1 is 1.57 bits per heavy atom. The number of carboxylic acid groups (broad SMARTS) is 1. The zero-order valence-corrected chi connectivity index (χ0v) is 8.63. The van der Waals surface area contributed by atoms with Crippen LogP contribution < -0.4 is 0 Å². The van der Waals surface area contributed by atoms with E-state index in [9.17, 15) is 18.0 Å². The Morgan fingerprint density at radius 3 is 2.57 bits per heavy atom. The average molecular weight is 317 g/mol. The van der Waals surface area contributed by atoms with Gasteiger partial charge in [-0.15, -0.1) is 0 Å². The number of nitrogens with zero attached hydrogens (tertiary/aromatic N) is 1. The van der Waals surface area contributed by atoms with Crippen molar-refractivity contribution in [3.05, 3.63) is 26.8 Å². The van der Waals surface area contributed by atoms with Crippen LogP contribution in [-0.4, -0.2) is 16.1 Å². The zero-order valence-electron chi connectivity index (χ0n) is 6.47. The molecule has 0 unspecified atom stereocenters. The number of alkyl halides is 2. The standard InChI is InChI=1S/C7H3F3INO2/c8-5(9)2-1-3(11)12-6(10)4(2)7(13)14/h1,5H,(H,13,14). The lowest BCUT2D eigenvalue weighted by Crippen LogP contribution is -2.09. The van der Waals surface area contributed by atoms with Gasteiger partial charge in [-0.3, -0.25) is 0 Å². The molecule has 0 aliphatic heterocycles. The topological polar surface area (TPSA) is 50.2 Å². The second kappa shape index (κ2) is 4.11. The molecule has 1 heterocycles. The third kappa shape index (κ3) is 2.14. The van der Waals surface area contributed by atoms with Crippen molar-refractivity contribution in [3.63, 3.8) is 0 Å². The largest absolute Gasteiger partial charge is 0.478 e. The van der Waals surface area contributed by atoms with Crippen LogP contribution in [0.15, 0.2) is 6.07 Å². The molecule has 0 spiro atoms. The average Bonchev–Trinajstić information content (AvgIpc) is 2.01. The molecule has 0 aliphatic rings. The summed E-state index contributed by atoms with van der Waals surface area (Å²) in [7, 11) is 0. The predicted octanol–water partition coefficient (Wildman–Crippen LogP) is 2.46. The monoisotopic (exact) mass is 317 g/mol. The van der Waals surface area contributed by atoms with Gasteiger partial charge in [-0.1, -0.05) is 0 Å². The maximum atomic E-state index is 12.9. The van der Waals surface area contributed by atoms with E-state index in [0.29, 0.717) is 0 Å². The van der Waals surface area contributed by atoms with Crippen LogP contribution >= 0.6 is 22.6 Å². The number of hydrogen-bond donors (Lipinski definition) is 1. The van der Waals surface area contributed by atoms with Gasteiger partial charge in [-0.05, 0) is 28.7 Å². The summed E-state index contributed by atoms with van der Waals surface area (Å²) in [6, 6.07) is 0.845. The van der Waals surface area contributed by atoms with Crippen LogP contribution in [0.4, 0.5) is 13.2 Å². The molecular formula is C7H3F3INO2. The van der Waals surface area contributed by atoms with Gasteiger partial charge in [0.15, 0.2) is 0 Å². The summed E-state index contributed by atoms with van der Waals surface area (Å²) in [5, 5.41) is 8.47. The summed E-state index contributed by atoms with van der Waals surface area (Å²) in [6.07, 6.45) is -3.04. The molecule has 0 aromatic carbocycles. The molecule has 0 atom stereocenters. The maximum Gasteiger partial charge on any atom is 0.340 e. The fourth-order valence-electron chi connectivity index (χ4n) is 0.885. The van der Waals surface area contributed by atoms with Crippen LogP contribution in [0.5, 0.6) is 0 Å². The van der Waals surface area contributed by atoms with Crippen LogP contribution in [0, 0.1) is 9.65 Å². The van der Waals surface area contributed by atoms with Gasteiger partial charge in [0.25, 0.3) is 6.43 Å². The minimum atomic E-state index is -3.04. The van der Waals surface area contributed by atoms with E-state index in [4.69, 9.17) is 5.11 Å². The first-order chi connectivity index (χ1) is 6.43. The van der Waals surface area contributed by atoms with Gasteiger partial charge < -0.3 is 5.11 Å². The van der Waals surface area contributed by atoms with E-state index in [-0.39, 0.29) is 3.70 Å². The summed E-state index contributed by atoms with van der Waals surface area (Å²) >= 11 is 1.53. The Hall–Kier alpha value is -0.860. The minimum Gasteiger partial charge on any atom is -0.478 e. The first-order valence-corrected chi connectivity index (χ1v) is 4.38. The Balaban J connectivity index is 3.44. The van der Waals surface area contributed by atoms with Crippen LogP contribution in [-0.2, 0) is 0 Å². The number of rotatable bonds is 2. The molecule has 14 heavy (non-hydrogen) atoms. The van der Waals surface area contributed by atoms with Gasteiger partial charge in [0.1, 0.15) is 9.26 Å². The fourth-order valence-corrected chi connectivity index (χ4v) is 1.43. The Kier molecular flexibility index (Phi) is 3.29. The number of carbonyl (C=O) groups is 1. The van der Waals surface area contributed by atoms with Crippen LogP contribution in [0.3, 0.4) is 0 Å². The molecule has 3 nitrogen and oxygen atoms in total. The normalized spacial score (nSPS) is 10.6. The molecule has 0 radical (unpaired) electrons. The summed E-state index contributed by atoms with van der Waals surface area (Å²) in [5.74, 6) is -3.14. The lowest BCUT2D eigenvalue weighted by molar-refractivity contribution is 0.0677. The highest BCUT2D eigenvalue weighted by atomic mass is 127. The maximum absolute atomic E-state index is 12.9. The molecular weight excluding hydrogens is 314 g/mol. The number of aromatic nitrogens is 1. The van der Waals surface area contributed by atoms with E-state index >= 15 is 0 Å². The number of halogens is 4. The summed E-state index contributed by atoms with van der Waals surface area (Å²) in [4.78, 5) is 13.6. The summed E-state index contributed by atoms with van der Waals surface area (Å²) in [5.41, 5.74) is -1.92. The molecule has 0 saturated heterocycles. The van der Waals surface area contributed by atoms with Gasteiger partial charge in [-0.2, -0.15) is 4.39 Å². The fraction of sp³-hybridized carbons (Fsp3) is 0.143. The van der Waals surface area contributed by atoms with Crippen LogP contribution in [0.2, 0.25) is 0 Å². The van der Waals surface area contributed by atoms with Crippen molar-refractivity contribution in [1.82, 2.24) is 4.98 Å². The molecule has 0 bridgehead atoms. The highest BCUT2D eigenvalue weighted by Crippen LogP contribution is 2.25. The predicted molar refractivity (Wildman–Crippen MR) is 48.8 cm³/mol. The van der Waals surface area contributed by atoms with Crippen molar-refractivity contribution in [2.45, 2.75) is 6.43 Å². The number of pyridine rings is 1. The quantitative estimate of drug-likeness (QED) is 0.673. The molecule has 0 saturated carbocycles.